The average molecular weight is 285 g/mol. The number of nitrogens with one attached hydrogen (secondary N) is 1. The molecule has 2 aromatic heterocycles. The van der Waals surface area contributed by atoms with Gasteiger partial charge in [0.1, 0.15) is 12.0 Å². The van der Waals surface area contributed by atoms with E-state index in [-0.39, 0.29) is 18.0 Å². The molecule has 1 amide bonds. The zero-order valence-corrected chi connectivity index (χ0v) is 12.0. The lowest BCUT2D eigenvalue weighted by Gasteiger charge is -2.36. The Morgan fingerprint density at radius 2 is 2.24 bits per heavy atom. The van der Waals surface area contributed by atoms with Gasteiger partial charge in [0.15, 0.2) is 0 Å². The summed E-state index contributed by atoms with van der Waals surface area (Å²) in [4.78, 5) is 24.2. The van der Waals surface area contributed by atoms with Crippen LogP contribution in [0.25, 0.3) is 0 Å². The van der Waals surface area contributed by atoms with Crippen LogP contribution in [0.2, 0.25) is 0 Å². The molecule has 2 aromatic rings. The highest BCUT2D eigenvalue weighted by Gasteiger charge is 2.31. The summed E-state index contributed by atoms with van der Waals surface area (Å²) in [5.74, 6) is 0.520. The van der Waals surface area contributed by atoms with Crippen molar-refractivity contribution in [3.8, 4) is 0 Å². The molecule has 1 aliphatic carbocycles. The number of hydrogen-bond donors (Lipinski definition) is 1. The standard InChI is InChI=1S/C15H19N5O/c1-11-2-3-12(14(8-11)20-7-6-17-10-20)19-15(21)13-4-5-16-9-18-13/h4-7,9-12,14H,2-3,8H2,1H3,(H,19,21)/t11-,12-,14-/m0/s1. The minimum Gasteiger partial charge on any atom is -0.346 e. The van der Waals surface area contributed by atoms with Gasteiger partial charge in [0.25, 0.3) is 5.91 Å². The second-order valence-electron chi connectivity index (χ2n) is 5.67. The number of carbonyl (C=O) groups excluding carboxylic acids is 1. The molecule has 0 aromatic carbocycles. The maximum atomic E-state index is 12.3. The van der Waals surface area contributed by atoms with Crippen LogP contribution in [0.1, 0.15) is 42.7 Å². The Labute approximate surface area is 123 Å². The van der Waals surface area contributed by atoms with E-state index in [4.69, 9.17) is 0 Å². The molecule has 3 atom stereocenters. The monoisotopic (exact) mass is 285 g/mol. The molecule has 1 N–H and O–H groups in total. The van der Waals surface area contributed by atoms with Crippen molar-refractivity contribution in [3.63, 3.8) is 0 Å². The summed E-state index contributed by atoms with van der Waals surface area (Å²) in [6, 6.07) is 1.99. The highest BCUT2D eigenvalue weighted by atomic mass is 16.1. The predicted octanol–water partition coefficient (Wildman–Crippen LogP) is 1.83. The molecule has 2 heterocycles. The van der Waals surface area contributed by atoms with Crippen molar-refractivity contribution in [1.29, 1.82) is 0 Å². The molecule has 0 bridgehead atoms. The predicted molar refractivity (Wildman–Crippen MR) is 77.6 cm³/mol. The first-order chi connectivity index (χ1) is 10.2. The molecule has 110 valence electrons. The molecular formula is C15H19N5O. The van der Waals surface area contributed by atoms with Crippen LogP contribution in [-0.4, -0.2) is 31.5 Å². The summed E-state index contributed by atoms with van der Waals surface area (Å²) in [6.07, 6.45) is 11.7. The van der Waals surface area contributed by atoms with Gasteiger partial charge in [-0.3, -0.25) is 4.79 Å². The highest BCUT2D eigenvalue weighted by Crippen LogP contribution is 2.32. The van der Waals surface area contributed by atoms with Crippen molar-refractivity contribution in [3.05, 3.63) is 43.0 Å². The SMILES string of the molecule is C[C@H]1CC[C@H](NC(=O)c2ccncn2)[C@@H](n2ccnc2)C1. The summed E-state index contributed by atoms with van der Waals surface area (Å²) in [5.41, 5.74) is 0.410. The molecule has 3 rings (SSSR count). The van der Waals surface area contributed by atoms with Crippen LogP contribution >= 0.6 is 0 Å². The summed E-state index contributed by atoms with van der Waals surface area (Å²) < 4.78 is 2.10. The minimum absolute atomic E-state index is 0.109. The Morgan fingerprint density at radius 3 is 2.95 bits per heavy atom. The van der Waals surface area contributed by atoms with Gasteiger partial charge in [0.2, 0.25) is 0 Å². The van der Waals surface area contributed by atoms with E-state index in [1.807, 2.05) is 12.5 Å². The molecule has 1 saturated carbocycles. The van der Waals surface area contributed by atoms with E-state index in [1.165, 1.54) is 6.33 Å². The third-order valence-electron chi connectivity index (χ3n) is 4.12. The van der Waals surface area contributed by atoms with Gasteiger partial charge >= 0.3 is 0 Å². The van der Waals surface area contributed by atoms with Crippen molar-refractivity contribution >= 4 is 5.91 Å². The first kappa shape index (κ1) is 13.7. The molecule has 0 radical (unpaired) electrons. The van der Waals surface area contributed by atoms with E-state index in [0.29, 0.717) is 11.6 Å². The number of amides is 1. The van der Waals surface area contributed by atoms with Gasteiger partial charge in [0, 0.05) is 24.6 Å². The lowest BCUT2D eigenvalue weighted by atomic mass is 9.83. The van der Waals surface area contributed by atoms with E-state index in [0.717, 1.165) is 19.3 Å². The average Bonchev–Trinajstić information content (AvgIpc) is 3.04. The molecule has 0 unspecified atom stereocenters. The Hall–Kier alpha value is -2.24. The topological polar surface area (TPSA) is 72.7 Å². The number of rotatable bonds is 3. The number of hydrogen-bond acceptors (Lipinski definition) is 4. The quantitative estimate of drug-likeness (QED) is 0.934. The van der Waals surface area contributed by atoms with Gasteiger partial charge in [-0.05, 0) is 31.2 Å². The van der Waals surface area contributed by atoms with Gasteiger partial charge in [-0.15, -0.1) is 0 Å². The van der Waals surface area contributed by atoms with Crippen LogP contribution < -0.4 is 5.32 Å². The Kier molecular flexibility index (Phi) is 3.94. The van der Waals surface area contributed by atoms with E-state index in [9.17, 15) is 4.79 Å². The fourth-order valence-corrected chi connectivity index (χ4v) is 2.98. The molecular weight excluding hydrogens is 266 g/mol. The van der Waals surface area contributed by atoms with Gasteiger partial charge in [0.05, 0.1) is 12.4 Å². The van der Waals surface area contributed by atoms with E-state index >= 15 is 0 Å². The molecule has 0 aliphatic heterocycles. The fraction of sp³-hybridized carbons (Fsp3) is 0.467. The molecule has 1 aliphatic rings. The van der Waals surface area contributed by atoms with Crippen molar-refractivity contribution in [1.82, 2.24) is 24.8 Å². The number of imidazole rings is 1. The first-order valence-electron chi connectivity index (χ1n) is 7.28. The number of aromatic nitrogens is 4. The molecule has 1 fully saturated rings. The summed E-state index contributed by atoms with van der Waals surface area (Å²) in [7, 11) is 0. The molecule has 0 saturated heterocycles. The second kappa shape index (κ2) is 6.03. The third kappa shape index (κ3) is 3.09. The van der Waals surface area contributed by atoms with Crippen LogP contribution in [0.15, 0.2) is 37.3 Å². The van der Waals surface area contributed by atoms with Gasteiger partial charge in [-0.25, -0.2) is 15.0 Å². The summed E-state index contributed by atoms with van der Waals surface area (Å²) in [6.45, 7) is 2.26. The number of nitrogens with zero attached hydrogens (tertiary/aromatic N) is 4. The molecule has 6 nitrogen and oxygen atoms in total. The van der Waals surface area contributed by atoms with E-state index in [2.05, 4.69) is 31.8 Å². The maximum absolute atomic E-state index is 12.3. The van der Waals surface area contributed by atoms with Gasteiger partial charge in [-0.2, -0.15) is 0 Å². The molecule has 6 heteroatoms. The zero-order valence-electron chi connectivity index (χ0n) is 12.0. The zero-order chi connectivity index (χ0) is 14.7. The van der Waals surface area contributed by atoms with Crippen LogP contribution in [0, 0.1) is 5.92 Å². The highest BCUT2D eigenvalue weighted by molar-refractivity contribution is 5.92. The summed E-state index contributed by atoms with van der Waals surface area (Å²) >= 11 is 0. The fourth-order valence-electron chi connectivity index (χ4n) is 2.98. The van der Waals surface area contributed by atoms with Crippen molar-refractivity contribution in [2.45, 2.75) is 38.3 Å². The summed E-state index contributed by atoms with van der Waals surface area (Å²) in [5, 5.41) is 3.12. The lowest BCUT2D eigenvalue weighted by Crippen LogP contribution is -2.44. The van der Waals surface area contributed by atoms with E-state index < -0.39 is 0 Å². The Morgan fingerprint density at radius 1 is 1.33 bits per heavy atom. The minimum atomic E-state index is -0.137. The molecule has 0 spiro atoms. The van der Waals surface area contributed by atoms with Crippen molar-refractivity contribution in [2.24, 2.45) is 5.92 Å². The lowest BCUT2D eigenvalue weighted by molar-refractivity contribution is 0.0891. The largest absolute Gasteiger partial charge is 0.346 e. The van der Waals surface area contributed by atoms with Crippen LogP contribution in [-0.2, 0) is 0 Å². The second-order valence-corrected chi connectivity index (χ2v) is 5.67. The van der Waals surface area contributed by atoms with Crippen molar-refractivity contribution < 1.29 is 4.79 Å². The third-order valence-corrected chi connectivity index (χ3v) is 4.12. The smallest absolute Gasteiger partial charge is 0.270 e. The maximum Gasteiger partial charge on any atom is 0.270 e. The van der Waals surface area contributed by atoms with E-state index in [1.54, 1.807) is 18.5 Å². The van der Waals surface area contributed by atoms with Gasteiger partial charge < -0.3 is 9.88 Å². The Bertz CT molecular complexity index is 583. The van der Waals surface area contributed by atoms with Crippen LogP contribution in [0.5, 0.6) is 0 Å². The van der Waals surface area contributed by atoms with Crippen molar-refractivity contribution in [2.75, 3.05) is 0 Å². The number of carbonyl (C=O) groups is 1. The normalized spacial score (nSPS) is 25.5. The Balaban J connectivity index is 1.75. The van der Waals surface area contributed by atoms with Gasteiger partial charge in [-0.1, -0.05) is 6.92 Å². The van der Waals surface area contributed by atoms with Crippen LogP contribution in [0.4, 0.5) is 0 Å². The first-order valence-corrected chi connectivity index (χ1v) is 7.28. The van der Waals surface area contributed by atoms with Crippen LogP contribution in [0.3, 0.4) is 0 Å². The molecule has 21 heavy (non-hydrogen) atoms.